The minimum absolute atomic E-state index is 0.541. The van der Waals surface area contributed by atoms with Crippen LogP contribution in [0.1, 0.15) is 5.56 Å². The topological polar surface area (TPSA) is 56.7 Å². The molecule has 0 unspecified atom stereocenters. The van der Waals surface area contributed by atoms with Gasteiger partial charge in [-0.3, -0.25) is 0 Å². The molecular formula is C12H10N4O. The number of nitrogens with zero attached hydrogens (tertiary/aromatic N) is 4. The zero-order chi connectivity index (χ0) is 11.5. The Morgan fingerprint density at radius 3 is 2.71 bits per heavy atom. The van der Waals surface area contributed by atoms with Crippen LogP contribution in [0.3, 0.4) is 0 Å². The van der Waals surface area contributed by atoms with E-state index in [0.29, 0.717) is 5.89 Å². The molecule has 17 heavy (non-hydrogen) atoms. The van der Waals surface area contributed by atoms with Crippen LogP contribution in [0.25, 0.3) is 11.5 Å². The maximum absolute atomic E-state index is 5.13. The highest BCUT2D eigenvalue weighted by Crippen LogP contribution is 2.16. The third kappa shape index (κ3) is 2.08. The van der Waals surface area contributed by atoms with E-state index in [1.54, 1.807) is 12.5 Å². The van der Waals surface area contributed by atoms with Crippen molar-refractivity contribution in [3.63, 3.8) is 0 Å². The molecule has 3 rings (SSSR count). The Kier molecular flexibility index (Phi) is 2.42. The SMILES string of the molecule is c1cn(Cc2ccc(-c3nnco3)cc2)cn1. The standard InChI is InChI=1S/C12H10N4O/c1-3-11(12-15-14-9-17-12)4-2-10(1)7-16-6-5-13-8-16/h1-6,8-9H,7H2. The van der Waals surface area contributed by atoms with Crippen LogP contribution in [0, 0.1) is 0 Å². The lowest BCUT2D eigenvalue weighted by molar-refractivity contribution is 0.568. The van der Waals surface area contributed by atoms with Crippen molar-refractivity contribution in [3.8, 4) is 11.5 Å². The molecule has 0 amide bonds. The Morgan fingerprint density at radius 2 is 2.06 bits per heavy atom. The Hall–Kier alpha value is -2.43. The van der Waals surface area contributed by atoms with Gasteiger partial charge in [0.15, 0.2) is 0 Å². The lowest BCUT2D eigenvalue weighted by Gasteiger charge is -2.02. The highest BCUT2D eigenvalue weighted by atomic mass is 16.4. The number of benzene rings is 1. The molecule has 0 aliphatic carbocycles. The zero-order valence-electron chi connectivity index (χ0n) is 9.02. The molecule has 5 nitrogen and oxygen atoms in total. The molecule has 0 fully saturated rings. The van der Waals surface area contributed by atoms with Gasteiger partial charge in [-0.2, -0.15) is 0 Å². The molecule has 0 saturated heterocycles. The highest BCUT2D eigenvalue weighted by Gasteiger charge is 2.02. The number of hydrogen-bond donors (Lipinski definition) is 0. The van der Waals surface area contributed by atoms with Crippen molar-refractivity contribution >= 4 is 0 Å². The fourth-order valence-corrected chi connectivity index (χ4v) is 1.64. The van der Waals surface area contributed by atoms with Crippen LogP contribution in [0.2, 0.25) is 0 Å². The maximum atomic E-state index is 5.13. The molecule has 0 radical (unpaired) electrons. The van der Waals surface area contributed by atoms with E-state index in [1.807, 2.05) is 35.0 Å². The van der Waals surface area contributed by atoms with Crippen LogP contribution in [0.5, 0.6) is 0 Å². The minimum Gasteiger partial charge on any atom is -0.423 e. The number of hydrogen-bond acceptors (Lipinski definition) is 4. The number of imidazole rings is 1. The first-order chi connectivity index (χ1) is 8.42. The van der Waals surface area contributed by atoms with E-state index >= 15 is 0 Å². The Bertz CT molecular complexity index is 570. The molecule has 84 valence electrons. The second kappa shape index (κ2) is 4.21. The van der Waals surface area contributed by atoms with Crippen molar-refractivity contribution in [1.82, 2.24) is 19.7 Å². The Balaban J connectivity index is 1.81. The fourth-order valence-electron chi connectivity index (χ4n) is 1.64. The summed E-state index contributed by atoms with van der Waals surface area (Å²) in [6, 6.07) is 8.03. The molecule has 0 atom stereocenters. The Labute approximate surface area is 97.8 Å². The molecule has 0 spiro atoms. The van der Waals surface area contributed by atoms with Crippen LogP contribution < -0.4 is 0 Å². The molecule has 1 aromatic carbocycles. The summed E-state index contributed by atoms with van der Waals surface area (Å²) in [4.78, 5) is 4.01. The molecule has 0 saturated carbocycles. The van der Waals surface area contributed by atoms with Gasteiger partial charge in [0.1, 0.15) is 0 Å². The van der Waals surface area contributed by atoms with Crippen molar-refractivity contribution < 1.29 is 4.42 Å². The summed E-state index contributed by atoms with van der Waals surface area (Å²) >= 11 is 0. The van der Waals surface area contributed by atoms with Gasteiger partial charge in [0.25, 0.3) is 0 Å². The molecule has 0 bridgehead atoms. The van der Waals surface area contributed by atoms with Gasteiger partial charge < -0.3 is 8.98 Å². The average molecular weight is 226 g/mol. The lowest BCUT2D eigenvalue weighted by atomic mass is 10.1. The van der Waals surface area contributed by atoms with Gasteiger partial charge in [-0.1, -0.05) is 12.1 Å². The van der Waals surface area contributed by atoms with Crippen molar-refractivity contribution in [1.29, 1.82) is 0 Å². The predicted octanol–water partition coefficient (Wildman–Crippen LogP) is 1.98. The van der Waals surface area contributed by atoms with Gasteiger partial charge in [-0.25, -0.2) is 4.98 Å². The van der Waals surface area contributed by atoms with E-state index < -0.39 is 0 Å². The van der Waals surface area contributed by atoms with E-state index in [2.05, 4.69) is 15.2 Å². The summed E-state index contributed by atoms with van der Waals surface area (Å²) in [7, 11) is 0. The minimum atomic E-state index is 0.541. The van der Waals surface area contributed by atoms with Crippen molar-refractivity contribution in [2.75, 3.05) is 0 Å². The molecule has 3 aromatic rings. The van der Waals surface area contributed by atoms with Gasteiger partial charge in [-0.15, -0.1) is 10.2 Å². The van der Waals surface area contributed by atoms with Crippen LogP contribution in [0.15, 0.2) is 53.8 Å². The normalized spacial score (nSPS) is 10.6. The summed E-state index contributed by atoms with van der Waals surface area (Å²) in [6.45, 7) is 0.810. The van der Waals surface area contributed by atoms with E-state index in [9.17, 15) is 0 Å². The van der Waals surface area contributed by atoms with Gasteiger partial charge in [0, 0.05) is 24.5 Å². The van der Waals surface area contributed by atoms with Crippen LogP contribution in [-0.2, 0) is 6.54 Å². The summed E-state index contributed by atoms with van der Waals surface area (Å²) in [5, 5.41) is 7.51. The van der Waals surface area contributed by atoms with Crippen LogP contribution >= 0.6 is 0 Å². The lowest BCUT2D eigenvalue weighted by Crippen LogP contribution is -1.95. The molecule has 2 aromatic heterocycles. The monoisotopic (exact) mass is 226 g/mol. The van der Waals surface area contributed by atoms with Crippen molar-refractivity contribution in [3.05, 3.63) is 54.9 Å². The third-order valence-corrected chi connectivity index (χ3v) is 2.49. The molecule has 0 aliphatic heterocycles. The molecule has 0 aliphatic rings. The number of rotatable bonds is 3. The van der Waals surface area contributed by atoms with Gasteiger partial charge >= 0.3 is 0 Å². The maximum Gasteiger partial charge on any atom is 0.247 e. The first-order valence-corrected chi connectivity index (χ1v) is 5.23. The van der Waals surface area contributed by atoms with E-state index in [4.69, 9.17) is 4.42 Å². The van der Waals surface area contributed by atoms with Crippen LogP contribution in [0.4, 0.5) is 0 Å². The summed E-state index contributed by atoms with van der Waals surface area (Å²) in [5.41, 5.74) is 2.13. The highest BCUT2D eigenvalue weighted by molar-refractivity contribution is 5.52. The van der Waals surface area contributed by atoms with Gasteiger partial charge in [0.2, 0.25) is 12.3 Å². The fraction of sp³-hybridized carbons (Fsp3) is 0.0833. The number of aromatic nitrogens is 4. The summed E-state index contributed by atoms with van der Waals surface area (Å²) in [5.74, 6) is 0.541. The molecular weight excluding hydrogens is 216 g/mol. The van der Waals surface area contributed by atoms with Gasteiger partial charge in [-0.05, 0) is 17.7 Å². The first-order valence-electron chi connectivity index (χ1n) is 5.23. The third-order valence-electron chi connectivity index (χ3n) is 2.49. The average Bonchev–Trinajstić information content (AvgIpc) is 3.01. The van der Waals surface area contributed by atoms with Gasteiger partial charge in [0.05, 0.1) is 6.33 Å². The second-order valence-electron chi connectivity index (χ2n) is 3.68. The zero-order valence-corrected chi connectivity index (χ0v) is 9.02. The van der Waals surface area contributed by atoms with Crippen molar-refractivity contribution in [2.45, 2.75) is 6.54 Å². The Morgan fingerprint density at radius 1 is 1.18 bits per heavy atom. The predicted molar refractivity (Wildman–Crippen MR) is 61.1 cm³/mol. The quantitative estimate of drug-likeness (QED) is 0.685. The molecule has 5 heteroatoms. The summed E-state index contributed by atoms with van der Waals surface area (Å²) in [6.07, 6.45) is 6.83. The largest absolute Gasteiger partial charge is 0.423 e. The smallest absolute Gasteiger partial charge is 0.247 e. The van der Waals surface area contributed by atoms with E-state index in [-0.39, 0.29) is 0 Å². The second-order valence-corrected chi connectivity index (χ2v) is 3.68. The molecule has 2 heterocycles. The summed E-state index contributed by atoms with van der Waals surface area (Å²) < 4.78 is 7.14. The first kappa shape index (κ1) is 9.77. The van der Waals surface area contributed by atoms with Crippen molar-refractivity contribution in [2.24, 2.45) is 0 Å². The van der Waals surface area contributed by atoms with E-state index in [1.165, 1.54) is 12.0 Å². The molecule has 0 N–H and O–H groups in total. The van der Waals surface area contributed by atoms with Crippen LogP contribution in [-0.4, -0.2) is 19.7 Å². The van der Waals surface area contributed by atoms with E-state index in [0.717, 1.165) is 12.1 Å².